The van der Waals surface area contributed by atoms with Crippen molar-refractivity contribution >= 4 is 23.6 Å². The smallest absolute Gasteiger partial charge is 0.234 e. The number of nitrogens with zero attached hydrogens (tertiary/aromatic N) is 4. The van der Waals surface area contributed by atoms with Gasteiger partial charge in [-0.2, -0.15) is 11.8 Å². The Morgan fingerprint density at radius 1 is 1.11 bits per heavy atom. The molecule has 2 heterocycles. The number of carbonyl (C=O) groups is 1. The van der Waals surface area contributed by atoms with Gasteiger partial charge in [-0.1, -0.05) is 18.2 Å². The van der Waals surface area contributed by atoms with E-state index >= 15 is 0 Å². The lowest BCUT2D eigenvalue weighted by atomic mass is 10.2. The van der Waals surface area contributed by atoms with E-state index in [0.29, 0.717) is 24.4 Å². The molecule has 0 atom stereocenters. The first-order chi connectivity index (χ1) is 13.2. The number of halogens is 1. The monoisotopic (exact) mass is 389 g/mol. The number of aromatic nitrogens is 2. The topological polar surface area (TPSA) is 61.4 Å². The molecule has 144 valence electrons. The van der Waals surface area contributed by atoms with Gasteiger partial charge >= 0.3 is 0 Å². The van der Waals surface area contributed by atoms with Crippen molar-refractivity contribution in [1.82, 2.24) is 20.2 Å². The predicted molar refractivity (Wildman–Crippen MR) is 106 cm³/mol. The summed E-state index contributed by atoms with van der Waals surface area (Å²) in [7, 11) is 0. The number of hydrogen-bond acceptors (Lipinski definition) is 6. The number of piperazine rings is 1. The van der Waals surface area contributed by atoms with Gasteiger partial charge in [-0.15, -0.1) is 0 Å². The molecular weight excluding hydrogens is 365 g/mol. The van der Waals surface area contributed by atoms with Crippen LogP contribution in [0.2, 0.25) is 0 Å². The Morgan fingerprint density at radius 3 is 2.59 bits per heavy atom. The number of benzene rings is 1. The van der Waals surface area contributed by atoms with Crippen molar-refractivity contribution in [2.24, 2.45) is 0 Å². The zero-order valence-corrected chi connectivity index (χ0v) is 16.0. The van der Waals surface area contributed by atoms with Crippen LogP contribution < -0.4 is 10.2 Å². The molecule has 1 aliphatic rings. The number of nitrogens with one attached hydrogen (secondary N) is 1. The highest BCUT2D eigenvalue weighted by atomic mass is 32.2. The summed E-state index contributed by atoms with van der Waals surface area (Å²) in [5, 5.41) is 2.94. The number of rotatable bonds is 8. The lowest BCUT2D eigenvalue weighted by Gasteiger charge is -2.34. The summed E-state index contributed by atoms with van der Waals surface area (Å²) in [6.45, 7) is 4.25. The number of amides is 1. The van der Waals surface area contributed by atoms with Crippen molar-refractivity contribution in [1.29, 1.82) is 0 Å². The van der Waals surface area contributed by atoms with E-state index in [4.69, 9.17) is 0 Å². The zero-order chi connectivity index (χ0) is 18.9. The lowest BCUT2D eigenvalue weighted by molar-refractivity contribution is -0.122. The summed E-state index contributed by atoms with van der Waals surface area (Å²) in [6.07, 6.45) is 3.48. The fourth-order valence-corrected chi connectivity index (χ4v) is 3.72. The third-order valence-electron chi connectivity index (χ3n) is 4.36. The van der Waals surface area contributed by atoms with E-state index in [2.05, 4.69) is 25.1 Å². The van der Waals surface area contributed by atoms with E-state index in [0.717, 1.165) is 37.9 Å². The van der Waals surface area contributed by atoms with Gasteiger partial charge in [0.15, 0.2) is 0 Å². The molecule has 27 heavy (non-hydrogen) atoms. The molecule has 0 radical (unpaired) electrons. The average molecular weight is 390 g/mol. The van der Waals surface area contributed by atoms with Gasteiger partial charge in [0.1, 0.15) is 5.82 Å². The highest BCUT2D eigenvalue weighted by molar-refractivity contribution is 7.98. The Balaban J connectivity index is 1.28. The summed E-state index contributed by atoms with van der Waals surface area (Å²) < 4.78 is 13.5. The molecule has 2 aromatic rings. The molecule has 8 heteroatoms. The average Bonchev–Trinajstić information content (AvgIpc) is 2.70. The van der Waals surface area contributed by atoms with Gasteiger partial charge in [-0.25, -0.2) is 14.4 Å². The molecule has 3 rings (SSSR count). The van der Waals surface area contributed by atoms with E-state index in [1.165, 1.54) is 6.07 Å². The highest BCUT2D eigenvalue weighted by Gasteiger charge is 2.20. The number of hydrogen-bond donors (Lipinski definition) is 1. The molecule has 0 unspecified atom stereocenters. The van der Waals surface area contributed by atoms with Gasteiger partial charge in [0.2, 0.25) is 11.9 Å². The van der Waals surface area contributed by atoms with Crippen molar-refractivity contribution < 1.29 is 9.18 Å². The fraction of sp³-hybridized carbons (Fsp3) is 0.421. The Labute approximate surface area is 163 Å². The first-order valence-electron chi connectivity index (χ1n) is 9.04. The van der Waals surface area contributed by atoms with Crippen LogP contribution in [0, 0.1) is 5.82 Å². The van der Waals surface area contributed by atoms with Crippen LogP contribution in [0.1, 0.15) is 5.56 Å². The lowest BCUT2D eigenvalue weighted by Crippen LogP contribution is -2.50. The maximum atomic E-state index is 13.5. The normalized spacial score (nSPS) is 14.9. The van der Waals surface area contributed by atoms with Crippen LogP contribution in [0.25, 0.3) is 0 Å². The van der Waals surface area contributed by atoms with Crippen molar-refractivity contribution in [2.45, 2.75) is 5.75 Å². The summed E-state index contributed by atoms with van der Waals surface area (Å²) in [5.74, 6) is 1.99. The molecule has 6 nitrogen and oxygen atoms in total. The van der Waals surface area contributed by atoms with Crippen LogP contribution >= 0.6 is 11.8 Å². The second-order valence-corrected chi connectivity index (χ2v) is 7.41. The Bertz CT molecular complexity index is 725. The zero-order valence-electron chi connectivity index (χ0n) is 15.2. The van der Waals surface area contributed by atoms with Gasteiger partial charge in [0, 0.05) is 56.6 Å². The quantitative estimate of drug-likeness (QED) is 0.695. The molecule has 0 bridgehead atoms. The van der Waals surface area contributed by atoms with E-state index in [1.54, 1.807) is 42.4 Å². The van der Waals surface area contributed by atoms with Crippen LogP contribution in [0.3, 0.4) is 0 Å². The number of anilines is 1. The molecule has 1 aromatic carbocycles. The Hall–Kier alpha value is -2.19. The predicted octanol–water partition coefficient (Wildman–Crippen LogP) is 1.79. The first kappa shape index (κ1) is 19.6. The maximum absolute atomic E-state index is 13.5. The minimum absolute atomic E-state index is 0.0332. The van der Waals surface area contributed by atoms with Gasteiger partial charge in [0.05, 0.1) is 6.54 Å². The molecule has 0 saturated carbocycles. The molecule has 1 fully saturated rings. The number of thioether (sulfide) groups is 1. The van der Waals surface area contributed by atoms with Crippen LogP contribution in [0.5, 0.6) is 0 Å². The van der Waals surface area contributed by atoms with E-state index in [1.807, 2.05) is 6.07 Å². The largest absolute Gasteiger partial charge is 0.354 e. The minimum Gasteiger partial charge on any atom is -0.354 e. The molecule has 1 aromatic heterocycles. The van der Waals surface area contributed by atoms with Crippen molar-refractivity contribution in [3.63, 3.8) is 0 Å². The first-order valence-corrected chi connectivity index (χ1v) is 10.2. The Kier molecular flexibility index (Phi) is 7.41. The van der Waals surface area contributed by atoms with Crippen LogP contribution in [0.15, 0.2) is 42.7 Å². The van der Waals surface area contributed by atoms with Crippen molar-refractivity contribution in [3.8, 4) is 0 Å². The second kappa shape index (κ2) is 10.2. The van der Waals surface area contributed by atoms with Crippen LogP contribution in [0.4, 0.5) is 10.3 Å². The van der Waals surface area contributed by atoms with Crippen molar-refractivity contribution in [2.75, 3.05) is 49.9 Å². The van der Waals surface area contributed by atoms with Gasteiger partial charge in [0.25, 0.3) is 0 Å². The van der Waals surface area contributed by atoms with Gasteiger partial charge in [-0.05, 0) is 17.7 Å². The van der Waals surface area contributed by atoms with Crippen LogP contribution in [-0.2, 0) is 10.5 Å². The van der Waals surface area contributed by atoms with Crippen molar-refractivity contribution in [3.05, 3.63) is 54.1 Å². The van der Waals surface area contributed by atoms with Crippen LogP contribution in [-0.4, -0.2) is 65.8 Å². The molecular formula is C19H24FN5OS. The fourth-order valence-electron chi connectivity index (χ4n) is 2.88. The standard InChI is InChI=1S/C19H24FN5OS/c20-17-5-2-1-4-16(17)15-27-13-8-21-18(26)14-24-9-11-25(12-10-24)19-22-6-3-7-23-19/h1-7H,8-15H2,(H,21,26). The third kappa shape index (κ3) is 6.18. The van der Waals surface area contributed by atoms with E-state index in [9.17, 15) is 9.18 Å². The van der Waals surface area contributed by atoms with Gasteiger partial charge in [-0.3, -0.25) is 9.69 Å². The second-order valence-electron chi connectivity index (χ2n) is 6.31. The third-order valence-corrected chi connectivity index (χ3v) is 5.37. The minimum atomic E-state index is -0.172. The Morgan fingerprint density at radius 2 is 1.85 bits per heavy atom. The van der Waals surface area contributed by atoms with E-state index < -0.39 is 0 Å². The number of carbonyl (C=O) groups excluding carboxylic acids is 1. The SMILES string of the molecule is O=C(CN1CCN(c2ncccn2)CC1)NCCSCc1ccccc1F. The molecule has 1 N–H and O–H groups in total. The summed E-state index contributed by atoms with van der Waals surface area (Å²) >= 11 is 1.62. The molecule has 1 amide bonds. The molecule has 1 aliphatic heterocycles. The molecule has 0 spiro atoms. The highest BCUT2D eigenvalue weighted by Crippen LogP contribution is 2.14. The molecule has 0 aliphatic carbocycles. The molecule has 1 saturated heterocycles. The summed E-state index contributed by atoms with van der Waals surface area (Å²) in [5.41, 5.74) is 0.703. The van der Waals surface area contributed by atoms with E-state index in [-0.39, 0.29) is 11.7 Å². The van der Waals surface area contributed by atoms with Gasteiger partial charge < -0.3 is 10.2 Å². The summed E-state index contributed by atoms with van der Waals surface area (Å²) in [4.78, 5) is 24.9. The summed E-state index contributed by atoms with van der Waals surface area (Å²) in [6, 6.07) is 8.60. The maximum Gasteiger partial charge on any atom is 0.234 e.